The Morgan fingerprint density at radius 3 is 2.84 bits per heavy atom. The summed E-state index contributed by atoms with van der Waals surface area (Å²) in [5.74, 6) is 0.371. The molecule has 0 spiro atoms. The highest BCUT2D eigenvalue weighted by Crippen LogP contribution is 2.24. The van der Waals surface area contributed by atoms with E-state index in [4.69, 9.17) is 10.3 Å². The molecule has 0 saturated heterocycles. The molecule has 2 rings (SSSR count). The minimum atomic E-state index is -3.25. The van der Waals surface area contributed by atoms with Gasteiger partial charge in [-0.1, -0.05) is 5.16 Å². The second kappa shape index (κ2) is 5.35. The highest BCUT2D eigenvalue weighted by atomic mass is 32.2. The normalized spacial score (nSPS) is 13.6. The van der Waals surface area contributed by atoms with Gasteiger partial charge in [0.15, 0.2) is 15.7 Å². The van der Waals surface area contributed by atoms with Gasteiger partial charge in [-0.15, -0.1) is 11.3 Å². The maximum atomic E-state index is 11.4. The molecule has 0 fully saturated rings. The van der Waals surface area contributed by atoms with E-state index in [0.29, 0.717) is 18.7 Å². The number of nitrogens with two attached hydrogens (primary N) is 1. The highest BCUT2D eigenvalue weighted by Gasteiger charge is 2.24. The van der Waals surface area contributed by atoms with Crippen LogP contribution in [0.25, 0.3) is 11.6 Å². The third-order valence-corrected chi connectivity index (χ3v) is 4.98. The number of hydrogen-bond acceptors (Lipinski definition) is 8. The molecule has 104 valence electrons. The van der Waals surface area contributed by atoms with Gasteiger partial charge in [-0.2, -0.15) is 4.98 Å². The molecule has 2 aromatic heterocycles. The van der Waals surface area contributed by atoms with E-state index < -0.39 is 15.1 Å². The van der Waals surface area contributed by atoms with Gasteiger partial charge in [0.25, 0.3) is 5.89 Å². The molecule has 2 heterocycles. The first kappa shape index (κ1) is 14.1. The molecule has 2 aromatic rings. The Hall–Kier alpha value is -1.32. The lowest BCUT2D eigenvalue weighted by Gasteiger charge is -2.01. The van der Waals surface area contributed by atoms with E-state index in [-0.39, 0.29) is 11.7 Å². The van der Waals surface area contributed by atoms with Gasteiger partial charge >= 0.3 is 0 Å². The Morgan fingerprint density at radius 1 is 1.47 bits per heavy atom. The zero-order chi connectivity index (χ0) is 14.0. The first-order valence-electron chi connectivity index (χ1n) is 5.59. The van der Waals surface area contributed by atoms with Gasteiger partial charge < -0.3 is 10.3 Å². The fourth-order valence-electron chi connectivity index (χ4n) is 1.34. The van der Waals surface area contributed by atoms with Crippen LogP contribution in [0, 0.1) is 0 Å². The predicted molar refractivity (Wildman–Crippen MR) is 71.4 cm³/mol. The zero-order valence-electron chi connectivity index (χ0n) is 10.5. The second-order valence-electron chi connectivity index (χ2n) is 4.09. The molecule has 0 aromatic carbocycles. The number of hydrogen-bond donors (Lipinski definition) is 1. The monoisotopic (exact) mass is 302 g/mol. The number of rotatable bonds is 5. The third kappa shape index (κ3) is 3.17. The van der Waals surface area contributed by atoms with E-state index >= 15 is 0 Å². The Labute approximate surface area is 114 Å². The molecule has 7 nitrogen and oxygen atoms in total. The zero-order valence-corrected chi connectivity index (χ0v) is 12.2. The number of thiazole rings is 1. The quantitative estimate of drug-likeness (QED) is 0.869. The van der Waals surface area contributed by atoms with Crippen LogP contribution in [-0.2, 0) is 16.3 Å². The molecular formula is C10H14N4O3S2. The van der Waals surface area contributed by atoms with Gasteiger partial charge in [-0.25, -0.2) is 13.4 Å². The van der Waals surface area contributed by atoms with Crippen molar-refractivity contribution in [3.8, 4) is 11.6 Å². The summed E-state index contributed by atoms with van der Waals surface area (Å²) in [6.45, 7) is 2.04. The van der Waals surface area contributed by atoms with Crippen molar-refractivity contribution in [1.29, 1.82) is 0 Å². The van der Waals surface area contributed by atoms with E-state index in [2.05, 4.69) is 15.1 Å². The van der Waals surface area contributed by atoms with E-state index in [1.54, 1.807) is 5.38 Å². The van der Waals surface area contributed by atoms with Gasteiger partial charge in [-0.05, 0) is 13.5 Å². The van der Waals surface area contributed by atoms with Gasteiger partial charge in [0, 0.05) is 18.1 Å². The standard InChI is InChI=1S/C10H14N4O3S2/c1-6(19(2,15)16)9-13-10(17-14-9)7-5-18-8(12-7)3-4-11/h5-6H,3-4,11H2,1-2H3. The first-order valence-corrected chi connectivity index (χ1v) is 8.42. The molecule has 1 unspecified atom stereocenters. The van der Waals surface area contributed by atoms with Crippen molar-refractivity contribution < 1.29 is 12.9 Å². The van der Waals surface area contributed by atoms with E-state index in [0.717, 1.165) is 11.3 Å². The fraction of sp³-hybridized carbons (Fsp3) is 0.500. The molecule has 0 aliphatic heterocycles. The average molecular weight is 302 g/mol. The van der Waals surface area contributed by atoms with E-state index in [9.17, 15) is 8.42 Å². The average Bonchev–Trinajstić information content (AvgIpc) is 2.94. The Bertz CT molecular complexity index is 662. The van der Waals surface area contributed by atoms with E-state index in [1.807, 2.05) is 0 Å². The maximum Gasteiger partial charge on any atom is 0.277 e. The first-order chi connectivity index (χ1) is 8.91. The summed E-state index contributed by atoms with van der Waals surface area (Å²) in [5, 5.41) is 5.56. The van der Waals surface area contributed by atoms with Gasteiger partial charge in [0.1, 0.15) is 10.9 Å². The Morgan fingerprint density at radius 2 is 2.21 bits per heavy atom. The number of aromatic nitrogens is 3. The van der Waals surface area contributed by atoms with Crippen molar-refractivity contribution in [3.05, 3.63) is 16.2 Å². The van der Waals surface area contributed by atoms with Crippen molar-refractivity contribution >= 4 is 21.2 Å². The van der Waals surface area contributed by atoms with Gasteiger partial charge in [0.05, 0.1) is 5.01 Å². The Kier molecular flexibility index (Phi) is 3.97. The summed E-state index contributed by atoms with van der Waals surface area (Å²) in [6.07, 6.45) is 1.82. The summed E-state index contributed by atoms with van der Waals surface area (Å²) < 4.78 is 27.9. The topological polar surface area (TPSA) is 112 Å². The summed E-state index contributed by atoms with van der Waals surface area (Å²) in [4.78, 5) is 8.37. The fourth-order valence-corrected chi connectivity index (χ4v) is 2.61. The van der Waals surface area contributed by atoms with Gasteiger partial charge in [-0.3, -0.25) is 0 Å². The highest BCUT2D eigenvalue weighted by molar-refractivity contribution is 7.90. The molecule has 0 amide bonds. The van der Waals surface area contributed by atoms with Gasteiger partial charge in [0.2, 0.25) is 0 Å². The summed E-state index contributed by atoms with van der Waals surface area (Å²) in [5.41, 5.74) is 6.00. The van der Waals surface area contributed by atoms with Crippen LogP contribution in [0.4, 0.5) is 0 Å². The molecule has 0 saturated carbocycles. The van der Waals surface area contributed by atoms with Crippen LogP contribution in [0.5, 0.6) is 0 Å². The number of nitrogens with zero attached hydrogens (tertiary/aromatic N) is 3. The SMILES string of the molecule is CC(c1noc(-c2csc(CCN)n2)n1)S(C)(=O)=O. The minimum absolute atomic E-state index is 0.144. The second-order valence-corrected chi connectivity index (χ2v) is 7.40. The molecule has 2 N–H and O–H groups in total. The molecular weight excluding hydrogens is 288 g/mol. The molecule has 0 radical (unpaired) electrons. The van der Waals surface area contributed by atoms with Crippen LogP contribution >= 0.6 is 11.3 Å². The van der Waals surface area contributed by atoms with E-state index in [1.165, 1.54) is 18.3 Å². The van der Waals surface area contributed by atoms with Crippen LogP contribution in [0.1, 0.15) is 23.0 Å². The Balaban J connectivity index is 2.25. The molecule has 1 atom stereocenters. The molecule has 0 bridgehead atoms. The van der Waals surface area contributed by atoms with Crippen LogP contribution in [0.15, 0.2) is 9.90 Å². The molecule has 19 heavy (non-hydrogen) atoms. The number of sulfone groups is 1. The minimum Gasteiger partial charge on any atom is -0.332 e. The third-order valence-electron chi connectivity index (χ3n) is 2.58. The van der Waals surface area contributed by atoms with Crippen molar-refractivity contribution in [2.24, 2.45) is 5.73 Å². The summed E-state index contributed by atoms with van der Waals surface area (Å²) >= 11 is 1.46. The lowest BCUT2D eigenvalue weighted by Crippen LogP contribution is -2.09. The van der Waals surface area contributed by atoms with Crippen LogP contribution in [-0.4, -0.2) is 36.3 Å². The lowest BCUT2D eigenvalue weighted by atomic mass is 10.4. The predicted octanol–water partition coefficient (Wildman–Crippen LogP) is 0.800. The lowest BCUT2D eigenvalue weighted by molar-refractivity contribution is 0.420. The van der Waals surface area contributed by atoms with Crippen molar-refractivity contribution in [2.75, 3.05) is 12.8 Å². The van der Waals surface area contributed by atoms with Crippen LogP contribution in [0.3, 0.4) is 0 Å². The van der Waals surface area contributed by atoms with Crippen LogP contribution in [0.2, 0.25) is 0 Å². The molecule has 0 aliphatic rings. The summed E-state index contributed by atoms with van der Waals surface area (Å²) in [7, 11) is -3.25. The largest absolute Gasteiger partial charge is 0.332 e. The molecule has 0 aliphatic carbocycles. The van der Waals surface area contributed by atoms with Crippen molar-refractivity contribution in [2.45, 2.75) is 18.6 Å². The summed E-state index contributed by atoms with van der Waals surface area (Å²) in [6, 6.07) is 0. The maximum absolute atomic E-state index is 11.4. The van der Waals surface area contributed by atoms with Crippen molar-refractivity contribution in [3.63, 3.8) is 0 Å². The molecule has 9 heteroatoms. The van der Waals surface area contributed by atoms with Crippen LogP contribution < -0.4 is 5.73 Å². The van der Waals surface area contributed by atoms with Crippen molar-refractivity contribution in [1.82, 2.24) is 15.1 Å². The smallest absolute Gasteiger partial charge is 0.277 e.